The molecular weight excluding hydrogens is 422 g/mol. The summed E-state index contributed by atoms with van der Waals surface area (Å²) in [7, 11) is 1.65. The highest BCUT2D eigenvalue weighted by Gasteiger charge is 2.24. The Morgan fingerprint density at radius 3 is 2.38 bits per heavy atom. The Morgan fingerprint density at radius 1 is 0.938 bits per heavy atom. The maximum absolute atomic E-state index is 13.2. The first-order valence-corrected chi connectivity index (χ1v) is 11.4. The number of fused-ring (bicyclic) bond motifs is 2. The number of aromatic nitrogens is 1. The number of nitrogens with zero attached hydrogens (tertiary/aromatic N) is 3. The van der Waals surface area contributed by atoms with E-state index >= 15 is 0 Å². The van der Waals surface area contributed by atoms with Crippen molar-refractivity contribution in [3.05, 3.63) is 65.0 Å². The number of methoxy groups -OCH3 is 1. The molecule has 32 heavy (non-hydrogen) atoms. The van der Waals surface area contributed by atoms with Crippen molar-refractivity contribution >= 4 is 49.8 Å². The van der Waals surface area contributed by atoms with Crippen LogP contribution in [0, 0.1) is 0 Å². The van der Waals surface area contributed by atoms with E-state index in [1.54, 1.807) is 14.0 Å². The molecule has 0 N–H and O–H groups in total. The van der Waals surface area contributed by atoms with Gasteiger partial charge in [-0.2, -0.15) is 0 Å². The number of Topliss-reactive ketones (excluding diaryl/α,β-unsaturated/α-hetero) is 1. The van der Waals surface area contributed by atoms with E-state index in [0.717, 1.165) is 45.6 Å². The third-order valence-electron chi connectivity index (χ3n) is 5.92. The van der Waals surface area contributed by atoms with Gasteiger partial charge in [0.25, 0.3) is 5.91 Å². The molecule has 2 aromatic heterocycles. The number of benzene rings is 2. The molecule has 0 spiro atoms. The van der Waals surface area contributed by atoms with E-state index in [1.807, 2.05) is 53.4 Å². The molecule has 1 aliphatic rings. The second-order valence-electron chi connectivity index (χ2n) is 7.93. The molecule has 5 rings (SSSR count). The topological polar surface area (TPSA) is 62.7 Å². The summed E-state index contributed by atoms with van der Waals surface area (Å²) >= 11 is 1.45. The number of piperazine rings is 1. The molecule has 0 unspecified atom stereocenters. The SMILES string of the molecule is COc1ccc2nc3sc(C(=O)N4CCN(c5ccc(C(C)=O)cc5)CC4)cc3cc2c1. The molecule has 7 heteroatoms. The van der Waals surface area contributed by atoms with Crippen LogP contribution in [0.4, 0.5) is 5.69 Å². The molecule has 4 aromatic rings. The predicted octanol–water partition coefficient (Wildman–Crippen LogP) is 4.62. The van der Waals surface area contributed by atoms with Crippen LogP contribution in [0.3, 0.4) is 0 Å². The first-order valence-electron chi connectivity index (χ1n) is 10.6. The number of thiophene rings is 1. The van der Waals surface area contributed by atoms with E-state index in [1.165, 1.54) is 11.3 Å². The van der Waals surface area contributed by atoms with Crippen molar-refractivity contribution in [2.45, 2.75) is 6.92 Å². The molecule has 1 aliphatic heterocycles. The van der Waals surface area contributed by atoms with Gasteiger partial charge in [-0.25, -0.2) is 4.98 Å². The lowest BCUT2D eigenvalue weighted by molar-refractivity contribution is 0.0751. The number of ketones is 1. The van der Waals surface area contributed by atoms with Gasteiger partial charge in [0.1, 0.15) is 10.6 Å². The summed E-state index contributed by atoms with van der Waals surface area (Å²) in [6.07, 6.45) is 0. The quantitative estimate of drug-likeness (QED) is 0.429. The Balaban J connectivity index is 1.31. The summed E-state index contributed by atoms with van der Waals surface area (Å²) < 4.78 is 5.31. The number of anilines is 1. The van der Waals surface area contributed by atoms with Gasteiger partial charge in [0, 0.05) is 48.2 Å². The van der Waals surface area contributed by atoms with Gasteiger partial charge in [-0.15, -0.1) is 11.3 Å². The van der Waals surface area contributed by atoms with Crippen molar-refractivity contribution < 1.29 is 14.3 Å². The van der Waals surface area contributed by atoms with Crippen molar-refractivity contribution in [3.63, 3.8) is 0 Å². The molecular formula is C25H23N3O3S. The Hall–Kier alpha value is -3.45. The van der Waals surface area contributed by atoms with Crippen molar-refractivity contribution in [2.24, 2.45) is 0 Å². The molecule has 162 valence electrons. The number of hydrogen-bond acceptors (Lipinski definition) is 6. The molecule has 2 aromatic carbocycles. The lowest BCUT2D eigenvalue weighted by Crippen LogP contribution is -2.48. The number of carbonyl (C=O) groups excluding carboxylic acids is 2. The molecule has 0 aliphatic carbocycles. The average molecular weight is 446 g/mol. The second-order valence-corrected chi connectivity index (χ2v) is 8.96. The highest BCUT2D eigenvalue weighted by Crippen LogP contribution is 2.30. The summed E-state index contributed by atoms with van der Waals surface area (Å²) in [5.74, 6) is 0.914. The fourth-order valence-electron chi connectivity index (χ4n) is 4.08. The van der Waals surface area contributed by atoms with E-state index < -0.39 is 0 Å². The Bertz CT molecular complexity index is 1320. The molecule has 1 fully saturated rings. The zero-order valence-corrected chi connectivity index (χ0v) is 18.8. The molecule has 0 bridgehead atoms. The summed E-state index contributed by atoms with van der Waals surface area (Å²) in [6, 6.07) is 17.5. The van der Waals surface area contributed by atoms with Gasteiger partial charge in [-0.1, -0.05) is 0 Å². The maximum atomic E-state index is 13.2. The lowest BCUT2D eigenvalue weighted by atomic mass is 10.1. The largest absolute Gasteiger partial charge is 0.497 e. The first kappa shape index (κ1) is 20.5. The zero-order chi connectivity index (χ0) is 22.2. The molecule has 1 amide bonds. The van der Waals surface area contributed by atoms with Gasteiger partial charge in [-0.3, -0.25) is 9.59 Å². The molecule has 0 atom stereocenters. The van der Waals surface area contributed by atoms with Gasteiger partial charge >= 0.3 is 0 Å². The normalized spacial score (nSPS) is 14.2. The summed E-state index contributed by atoms with van der Waals surface area (Å²) in [6.45, 7) is 4.42. The number of amides is 1. The van der Waals surface area contributed by atoms with Gasteiger partial charge in [-0.05, 0) is 61.5 Å². The summed E-state index contributed by atoms with van der Waals surface area (Å²) in [5, 5.41) is 1.97. The molecule has 1 saturated heterocycles. The Labute approximate surface area is 190 Å². The van der Waals surface area contributed by atoms with Crippen LogP contribution in [0.15, 0.2) is 54.6 Å². The Morgan fingerprint density at radius 2 is 1.69 bits per heavy atom. The van der Waals surface area contributed by atoms with E-state index in [4.69, 9.17) is 9.72 Å². The number of carbonyl (C=O) groups is 2. The highest BCUT2D eigenvalue weighted by molar-refractivity contribution is 7.20. The van der Waals surface area contributed by atoms with Crippen LogP contribution in [-0.4, -0.2) is 54.9 Å². The van der Waals surface area contributed by atoms with E-state index in [2.05, 4.69) is 11.0 Å². The third-order valence-corrected chi connectivity index (χ3v) is 6.96. The van der Waals surface area contributed by atoms with Crippen molar-refractivity contribution in [1.82, 2.24) is 9.88 Å². The molecule has 6 nitrogen and oxygen atoms in total. The van der Waals surface area contributed by atoms with Crippen molar-refractivity contribution in [1.29, 1.82) is 0 Å². The number of pyridine rings is 1. The van der Waals surface area contributed by atoms with Gasteiger partial charge in [0.15, 0.2) is 5.78 Å². The van der Waals surface area contributed by atoms with Crippen LogP contribution < -0.4 is 9.64 Å². The fourth-order valence-corrected chi connectivity index (χ4v) is 5.07. The van der Waals surface area contributed by atoms with Crippen molar-refractivity contribution in [2.75, 3.05) is 38.2 Å². The average Bonchev–Trinajstić information content (AvgIpc) is 3.24. The van der Waals surface area contributed by atoms with Gasteiger partial charge < -0.3 is 14.5 Å². The van der Waals surface area contributed by atoms with Crippen LogP contribution in [0.5, 0.6) is 5.75 Å². The van der Waals surface area contributed by atoms with E-state index in [-0.39, 0.29) is 11.7 Å². The van der Waals surface area contributed by atoms with E-state index in [0.29, 0.717) is 23.5 Å². The predicted molar refractivity (Wildman–Crippen MR) is 128 cm³/mol. The van der Waals surface area contributed by atoms with Crippen LogP contribution in [-0.2, 0) is 0 Å². The van der Waals surface area contributed by atoms with Crippen LogP contribution >= 0.6 is 11.3 Å². The minimum absolute atomic E-state index is 0.0567. The van der Waals surface area contributed by atoms with Crippen LogP contribution in [0.1, 0.15) is 27.0 Å². The minimum atomic E-state index is 0.0567. The number of ether oxygens (including phenoxy) is 1. The lowest BCUT2D eigenvalue weighted by Gasteiger charge is -2.36. The minimum Gasteiger partial charge on any atom is -0.497 e. The monoisotopic (exact) mass is 445 g/mol. The Kier molecular flexibility index (Phi) is 5.27. The second kappa shape index (κ2) is 8.24. The smallest absolute Gasteiger partial charge is 0.264 e. The standard InChI is InChI=1S/C25H23N3O3S/c1-16(29)17-3-5-20(6-4-17)27-9-11-28(12-10-27)25(30)23-15-19-13-18-14-21(31-2)7-8-22(18)26-24(19)32-23/h3-8,13-15H,9-12H2,1-2H3. The van der Waals surface area contributed by atoms with Crippen LogP contribution in [0.25, 0.3) is 21.1 Å². The highest BCUT2D eigenvalue weighted by atomic mass is 32.1. The molecule has 3 heterocycles. The summed E-state index contributed by atoms with van der Waals surface area (Å²) in [4.78, 5) is 35.1. The number of hydrogen-bond donors (Lipinski definition) is 0. The van der Waals surface area contributed by atoms with Gasteiger partial charge in [0.05, 0.1) is 17.5 Å². The van der Waals surface area contributed by atoms with Crippen molar-refractivity contribution in [3.8, 4) is 5.75 Å². The first-order chi connectivity index (χ1) is 15.5. The zero-order valence-electron chi connectivity index (χ0n) is 18.0. The molecule has 0 radical (unpaired) electrons. The fraction of sp³-hybridized carbons (Fsp3) is 0.240. The van der Waals surface area contributed by atoms with E-state index in [9.17, 15) is 9.59 Å². The van der Waals surface area contributed by atoms with Crippen LogP contribution in [0.2, 0.25) is 0 Å². The van der Waals surface area contributed by atoms with Gasteiger partial charge in [0.2, 0.25) is 0 Å². The maximum Gasteiger partial charge on any atom is 0.264 e. The summed E-state index contributed by atoms with van der Waals surface area (Å²) in [5.41, 5.74) is 2.69. The molecule has 0 saturated carbocycles. The third kappa shape index (κ3) is 3.80. The number of rotatable bonds is 4.